The van der Waals surface area contributed by atoms with Crippen LogP contribution in [0.25, 0.3) is 11.6 Å². The van der Waals surface area contributed by atoms with Crippen LogP contribution < -0.4 is 14.2 Å². The number of nitrogens with zero attached hydrogens (tertiary/aromatic N) is 1. The Labute approximate surface area is 192 Å². The highest BCUT2D eigenvalue weighted by atomic mass is 35.5. The van der Waals surface area contributed by atoms with Gasteiger partial charge in [0, 0.05) is 11.4 Å². The smallest absolute Gasteiger partial charge is 0.311 e. The molecule has 0 aliphatic heterocycles. The lowest BCUT2D eigenvalue weighted by Gasteiger charge is -2.08. The van der Waals surface area contributed by atoms with E-state index in [9.17, 15) is 10.1 Å². The quantitative estimate of drug-likeness (QED) is 0.129. The molecule has 0 amide bonds. The molecule has 0 fully saturated rings. The number of benzene rings is 3. The molecule has 0 bridgehead atoms. The SMILES string of the molecule is COc1ccc(OCCCC(=O)Oc2cccc(/C=C(/C#N)c3cccc(Cl)c3)c2)cc1. The summed E-state index contributed by atoms with van der Waals surface area (Å²) < 4.78 is 16.2. The molecule has 0 aliphatic carbocycles. The molecule has 3 rings (SSSR count). The third-order valence-electron chi connectivity index (χ3n) is 4.51. The molecular formula is C26H22ClNO4. The second kappa shape index (κ2) is 11.6. The van der Waals surface area contributed by atoms with Gasteiger partial charge in [-0.2, -0.15) is 5.26 Å². The lowest BCUT2D eigenvalue weighted by atomic mass is 10.0. The monoisotopic (exact) mass is 447 g/mol. The third-order valence-corrected chi connectivity index (χ3v) is 4.75. The largest absolute Gasteiger partial charge is 0.497 e. The van der Waals surface area contributed by atoms with Crippen LogP contribution in [0, 0.1) is 11.3 Å². The normalized spacial score (nSPS) is 10.8. The minimum atomic E-state index is -0.347. The van der Waals surface area contributed by atoms with Gasteiger partial charge < -0.3 is 14.2 Å². The van der Waals surface area contributed by atoms with Crippen molar-refractivity contribution in [1.29, 1.82) is 5.26 Å². The molecule has 0 spiro atoms. The molecule has 0 heterocycles. The molecule has 0 aromatic heterocycles. The number of ether oxygens (including phenoxy) is 3. The molecule has 0 saturated carbocycles. The van der Waals surface area contributed by atoms with E-state index in [-0.39, 0.29) is 12.4 Å². The Balaban J connectivity index is 1.53. The van der Waals surface area contributed by atoms with Gasteiger partial charge in [-0.05, 0) is 72.2 Å². The molecular weight excluding hydrogens is 426 g/mol. The molecule has 0 aliphatic rings. The van der Waals surface area contributed by atoms with Crippen LogP contribution in [0.5, 0.6) is 17.2 Å². The van der Waals surface area contributed by atoms with E-state index in [0.717, 1.165) is 16.9 Å². The van der Waals surface area contributed by atoms with E-state index < -0.39 is 0 Å². The molecule has 0 saturated heterocycles. The van der Waals surface area contributed by atoms with Crippen molar-refractivity contribution < 1.29 is 19.0 Å². The van der Waals surface area contributed by atoms with Crippen LogP contribution in [0.2, 0.25) is 5.02 Å². The zero-order valence-electron chi connectivity index (χ0n) is 17.6. The van der Waals surface area contributed by atoms with E-state index in [1.54, 1.807) is 49.6 Å². The Morgan fingerprint density at radius 1 is 1.00 bits per heavy atom. The van der Waals surface area contributed by atoms with Crippen molar-refractivity contribution in [3.05, 3.63) is 88.9 Å². The van der Waals surface area contributed by atoms with E-state index >= 15 is 0 Å². The fourth-order valence-electron chi connectivity index (χ4n) is 2.93. The van der Waals surface area contributed by atoms with Gasteiger partial charge in [0.2, 0.25) is 0 Å². The summed E-state index contributed by atoms with van der Waals surface area (Å²) in [6, 6.07) is 23.6. The van der Waals surface area contributed by atoms with Gasteiger partial charge in [0.05, 0.1) is 25.4 Å². The Hall–Kier alpha value is -3.75. The lowest BCUT2D eigenvalue weighted by molar-refractivity contribution is -0.134. The van der Waals surface area contributed by atoms with Crippen LogP contribution in [0.3, 0.4) is 0 Å². The molecule has 0 atom stereocenters. The van der Waals surface area contributed by atoms with E-state index in [1.807, 2.05) is 36.4 Å². The van der Waals surface area contributed by atoms with Gasteiger partial charge in [0.1, 0.15) is 17.2 Å². The summed E-state index contributed by atoms with van der Waals surface area (Å²) in [5, 5.41) is 10.1. The maximum absolute atomic E-state index is 12.2. The number of esters is 1. The van der Waals surface area contributed by atoms with Gasteiger partial charge in [0.15, 0.2) is 0 Å². The first kappa shape index (κ1) is 22.9. The molecule has 162 valence electrons. The van der Waals surface area contributed by atoms with Gasteiger partial charge in [-0.15, -0.1) is 0 Å². The number of nitriles is 1. The fraction of sp³-hybridized carbons (Fsp3) is 0.154. The van der Waals surface area contributed by atoms with Gasteiger partial charge in [-0.3, -0.25) is 4.79 Å². The Morgan fingerprint density at radius 3 is 2.47 bits per heavy atom. The van der Waals surface area contributed by atoms with E-state index in [1.165, 1.54) is 0 Å². The summed E-state index contributed by atoms with van der Waals surface area (Å²) in [6.07, 6.45) is 2.48. The molecule has 3 aromatic rings. The van der Waals surface area contributed by atoms with E-state index in [0.29, 0.717) is 35.1 Å². The number of carbonyl (C=O) groups excluding carboxylic acids is 1. The summed E-state index contributed by atoms with van der Waals surface area (Å²) in [5.41, 5.74) is 1.93. The second-order valence-corrected chi connectivity index (χ2v) is 7.29. The molecule has 32 heavy (non-hydrogen) atoms. The van der Waals surface area contributed by atoms with Crippen LogP contribution in [0.1, 0.15) is 24.0 Å². The zero-order valence-corrected chi connectivity index (χ0v) is 18.3. The average molecular weight is 448 g/mol. The van der Waals surface area contributed by atoms with Crippen LogP contribution in [-0.2, 0) is 4.79 Å². The van der Waals surface area contributed by atoms with Crippen molar-refractivity contribution in [1.82, 2.24) is 0 Å². The minimum absolute atomic E-state index is 0.224. The number of hydrogen-bond acceptors (Lipinski definition) is 5. The predicted molar refractivity (Wildman–Crippen MR) is 125 cm³/mol. The number of halogens is 1. The van der Waals surface area contributed by atoms with Gasteiger partial charge in [0.25, 0.3) is 0 Å². The number of allylic oxidation sites excluding steroid dienone is 1. The first-order chi connectivity index (χ1) is 15.6. The summed E-state index contributed by atoms with van der Waals surface area (Å²) in [6.45, 7) is 0.398. The summed E-state index contributed by atoms with van der Waals surface area (Å²) in [4.78, 5) is 12.2. The van der Waals surface area contributed by atoms with Crippen LogP contribution in [0.15, 0.2) is 72.8 Å². The van der Waals surface area contributed by atoms with Crippen molar-refractivity contribution in [2.75, 3.05) is 13.7 Å². The molecule has 3 aromatic carbocycles. The van der Waals surface area contributed by atoms with Crippen LogP contribution in [0.4, 0.5) is 0 Å². The summed E-state index contributed by atoms with van der Waals surface area (Å²) >= 11 is 6.02. The Morgan fingerprint density at radius 2 is 1.75 bits per heavy atom. The standard InChI is InChI=1S/C26H22ClNO4/c1-30-23-10-12-24(13-11-23)31-14-4-9-26(29)32-25-8-2-5-19(16-25)15-21(18-28)20-6-3-7-22(27)17-20/h2-3,5-8,10-13,15-17H,4,9,14H2,1H3/b21-15-. The summed E-state index contributed by atoms with van der Waals surface area (Å²) in [7, 11) is 1.61. The number of hydrogen-bond donors (Lipinski definition) is 0. The van der Waals surface area contributed by atoms with Crippen molar-refractivity contribution in [3.63, 3.8) is 0 Å². The maximum atomic E-state index is 12.2. The predicted octanol–water partition coefficient (Wildman–Crippen LogP) is 6.18. The first-order valence-corrected chi connectivity index (χ1v) is 10.4. The highest BCUT2D eigenvalue weighted by molar-refractivity contribution is 6.30. The molecule has 0 radical (unpaired) electrons. The minimum Gasteiger partial charge on any atom is -0.497 e. The highest BCUT2D eigenvalue weighted by Gasteiger charge is 2.07. The zero-order chi connectivity index (χ0) is 22.8. The molecule has 0 N–H and O–H groups in total. The first-order valence-electron chi connectivity index (χ1n) is 10.0. The summed E-state index contributed by atoms with van der Waals surface area (Å²) in [5.74, 6) is 1.54. The molecule has 5 nitrogen and oxygen atoms in total. The van der Waals surface area contributed by atoms with Gasteiger partial charge in [-0.25, -0.2) is 0 Å². The van der Waals surface area contributed by atoms with Crippen LogP contribution in [-0.4, -0.2) is 19.7 Å². The maximum Gasteiger partial charge on any atom is 0.311 e. The fourth-order valence-corrected chi connectivity index (χ4v) is 3.12. The number of carbonyl (C=O) groups is 1. The lowest BCUT2D eigenvalue weighted by Crippen LogP contribution is -2.10. The van der Waals surface area contributed by atoms with Gasteiger partial charge >= 0.3 is 5.97 Å². The Bertz CT molecular complexity index is 1130. The number of methoxy groups -OCH3 is 1. The van der Waals surface area contributed by atoms with Gasteiger partial charge in [-0.1, -0.05) is 35.9 Å². The number of rotatable bonds is 9. The van der Waals surface area contributed by atoms with Crippen molar-refractivity contribution in [3.8, 4) is 23.3 Å². The topological polar surface area (TPSA) is 68.6 Å². The van der Waals surface area contributed by atoms with Crippen molar-refractivity contribution >= 4 is 29.2 Å². The van der Waals surface area contributed by atoms with Crippen LogP contribution >= 0.6 is 11.6 Å². The highest BCUT2D eigenvalue weighted by Crippen LogP contribution is 2.23. The Kier molecular flexibility index (Phi) is 8.30. The van der Waals surface area contributed by atoms with Crippen molar-refractivity contribution in [2.24, 2.45) is 0 Å². The second-order valence-electron chi connectivity index (χ2n) is 6.85. The van der Waals surface area contributed by atoms with Crippen molar-refractivity contribution in [2.45, 2.75) is 12.8 Å². The molecule has 6 heteroatoms. The van der Waals surface area contributed by atoms with E-state index in [2.05, 4.69) is 6.07 Å². The third kappa shape index (κ3) is 6.90. The van der Waals surface area contributed by atoms with E-state index in [4.69, 9.17) is 25.8 Å². The molecule has 0 unspecified atom stereocenters. The average Bonchev–Trinajstić information content (AvgIpc) is 2.81.